The number of hydrogen-bond donors (Lipinski definition) is 1. The van der Waals surface area contributed by atoms with Crippen LogP contribution in [0.2, 0.25) is 0 Å². The first kappa shape index (κ1) is 15.7. The highest BCUT2D eigenvalue weighted by Crippen LogP contribution is 2.30. The molecular formula is C17H18BrNO2S. The molecule has 5 heteroatoms. The molecule has 0 spiro atoms. The van der Waals surface area contributed by atoms with Crippen LogP contribution in [0.25, 0.3) is 0 Å². The van der Waals surface area contributed by atoms with Gasteiger partial charge in [-0.25, -0.2) is 13.1 Å². The second-order valence-corrected chi connectivity index (χ2v) is 8.32. The van der Waals surface area contributed by atoms with E-state index in [1.54, 1.807) is 0 Å². The molecule has 0 aliphatic heterocycles. The van der Waals surface area contributed by atoms with Crippen molar-refractivity contribution < 1.29 is 8.42 Å². The van der Waals surface area contributed by atoms with Gasteiger partial charge in [0.05, 0.1) is 5.75 Å². The van der Waals surface area contributed by atoms with Crippen LogP contribution in [-0.4, -0.2) is 8.42 Å². The number of halogens is 1. The summed E-state index contributed by atoms with van der Waals surface area (Å²) < 4.78 is 28.7. The summed E-state index contributed by atoms with van der Waals surface area (Å²) >= 11 is 3.36. The molecule has 0 amide bonds. The van der Waals surface area contributed by atoms with Gasteiger partial charge in [0.2, 0.25) is 10.0 Å². The molecule has 22 heavy (non-hydrogen) atoms. The van der Waals surface area contributed by atoms with E-state index in [-0.39, 0.29) is 11.8 Å². The molecule has 2 aromatic carbocycles. The van der Waals surface area contributed by atoms with E-state index in [0.29, 0.717) is 0 Å². The van der Waals surface area contributed by atoms with E-state index in [1.807, 2.05) is 42.5 Å². The van der Waals surface area contributed by atoms with Crippen molar-refractivity contribution in [2.24, 2.45) is 0 Å². The number of aryl methyl sites for hydroxylation is 1. The van der Waals surface area contributed by atoms with Gasteiger partial charge < -0.3 is 0 Å². The summed E-state index contributed by atoms with van der Waals surface area (Å²) in [5.41, 5.74) is 3.16. The summed E-state index contributed by atoms with van der Waals surface area (Å²) in [6.07, 6.45) is 2.90. The van der Waals surface area contributed by atoms with Crippen LogP contribution in [0.15, 0.2) is 53.0 Å². The van der Waals surface area contributed by atoms with Crippen molar-refractivity contribution in [1.29, 1.82) is 0 Å². The predicted molar refractivity (Wildman–Crippen MR) is 92.0 cm³/mol. The molecule has 1 aliphatic rings. The second kappa shape index (κ2) is 6.52. The number of hydrogen-bond acceptors (Lipinski definition) is 2. The Labute approximate surface area is 139 Å². The summed E-state index contributed by atoms with van der Waals surface area (Å²) in [7, 11) is -3.36. The second-order valence-electron chi connectivity index (χ2n) is 5.65. The average molecular weight is 380 g/mol. The largest absolute Gasteiger partial charge is 0.216 e. The fourth-order valence-electron chi connectivity index (χ4n) is 2.93. The summed E-state index contributed by atoms with van der Waals surface area (Å²) in [5.74, 6) is 0.0128. The van der Waals surface area contributed by atoms with E-state index in [2.05, 4.69) is 26.7 Å². The molecule has 2 aromatic rings. The first-order valence-electron chi connectivity index (χ1n) is 7.36. The van der Waals surface area contributed by atoms with Crippen molar-refractivity contribution in [1.82, 2.24) is 4.72 Å². The third-order valence-corrected chi connectivity index (χ3v) is 5.85. The molecule has 0 fully saturated rings. The van der Waals surface area contributed by atoms with E-state index in [4.69, 9.17) is 0 Å². The van der Waals surface area contributed by atoms with Crippen molar-refractivity contribution in [3.8, 4) is 0 Å². The SMILES string of the molecule is O=S(=O)(Cc1ccc(Br)cc1)N[C@H]1CCCc2ccccc21. The maximum Gasteiger partial charge on any atom is 0.216 e. The van der Waals surface area contributed by atoms with Crippen molar-refractivity contribution in [3.05, 3.63) is 69.7 Å². The van der Waals surface area contributed by atoms with Crippen molar-refractivity contribution in [3.63, 3.8) is 0 Å². The zero-order valence-electron chi connectivity index (χ0n) is 12.1. The van der Waals surface area contributed by atoms with Crippen molar-refractivity contribution in [2.75, 3.05) is 0 Å². The highest BCUT2D eigenvalue weighted by molar-refractivity contribution is 9.10. The maximum absolute atomic E-state index is 12.4. The van der Waals surface area contributed by atoms with Gasteiger partial charge >= 0.3 is 0 Å². The first-order chi connectivity index (χ1) is 10.5. The van der Waals surface area contributed by atoms with Crippen LogP contribution in [0.1, 0.15) is 35.6 Å². The summed E-state index contributed by atoms with van der Waals surface area (Å²) in [4.78, 5) is 0. The molecular weight excluding hydrogens is 362 g/mol. The number of sulfonamides is 1. The quantitative estimate of drug-likeness (QED) is 0.873. The highest BCUT2D eigenvalue weighted by Gasteiger charge is 2.24. The minimum absolute atomic E-state index is 0.0128. The minimum atomic E-state index is -3.36. The molecule has 3 nitrogen and oxygen atoms in total. The van der Waals surface area contributed by atoms with Crippen LogP contribution < -0.4 is 4.72 Å². The van der Waals surface area contributed by atoms with Gasteiger partial charge in [-0.2, -0.15) is 0 Å². The molecule has 0 heterocycles. The smallest absolute Gasteiger partial charge is 0.212 e. The van der Waals surface area contributed by atoms with E-state index in [1.165, 1.54) is 5.56 Å². The Morgan fingerprint density at radius 2 is 1.82 bits per heavy atom. The third kappa shape index (κ3) is 3.77. The van der Waals surface area contributed by atoms with Crippen LogP contribution in [0.4, 0.5) is 0 Å². The monoisotopic (exact) mass is 379 g/mol. The third-order valence-electron chi connectivity index (χ3n) is 3.96. The van der Waals surface area contributed by atoms with Crippen LogP contribution in [0.3, 0.4) is 0 Å². The fourth-order valence-corrected chi connectivity index (χ4v) is 4.59. The lowest BCUT2D eigenvalue weighted by Crippen LogP contribution is -2.31. The average Bonchev–Trinajstić information content (AvgIpc) is 2.49. The number of benzene rings is 2. The lowest BCUT2D eigenvalue weighted by Gasteiger charge is -2.26. The number of rotatable bonds is 4. The Kier molecular flexibility index (Phi) is 4.66. The summed E-state index contributed by atoms with van der Waals surface area (Å²) in [5, 5.41) is 0. The van der Waals surface area contributed by atoms with E-state index >= 15 is 0 Å². The molecule has 0 saturated carbocycles. The Balaban J connectivity index is 1.76. The fraction of sp³-hybridized carbons (Fsp3) is 0.294. The molecule has 3 rings (SSSR count). The lowest BCUT2D eigenvalue weighted by atomic mass is 9.88. The Bertz CT molecular complexity index is 756. The molecule has 0 bridgehead atoms. The molecule has 0 saturated heterocycles. The summed E-state index contributed by atoms with van der Waals surface area (Å²) in [6, 6.07) is 15.4. The topological polar surface area (TPSA) is 46.2 Å². The van der Waals surface area contributed by atoms with Crippen LogP contribution in [0, 0.1) is 0 Å². The molecule has 0 radical (unpaired) electrons. The zero-order valence-corrected chi connectivity index (χ0v) is 14.5. The van der Waals surface area contributed by atoms with Gasteiger partial charge in [0, 0.05) is 10.5 Å². The van der Waals surface area contributed by atoms with Crippen LogP contribution in [-0.2, 0) is 22.2 Å². The van der Waals surface area contributed by atoms with Crippen molar-refractivity contribution in [2.45, 2.75) is 31.1 Å². The molecule has 0 aromatic heterocycles. The molecule has 1 N–H and O–H groups in total. The van der Waals surface area contributed by atoms with Crippen LogP contribution >= 0.6 is 15.9 Å². The Hall–Kier alpha value is -1.17. The van der Waals surface area contributed by atoms with E-state index < -0.39 is 10.0 Å². The normalized spacial score (nSPS) is 18.0. The number of fused-ring (bicyclic) bond motifs is 1. The van der Waals surface area contributed by atoms with Gasteiger partial charge in [-0.3, -0.25) is 0 Å². The van der Waals surface area contributed by atoms with Gasteiger partial charge in [-0.1, -0.05) is 52.3 Å². The predicted octanol–water partition coefficient (Wildman–Crippen LogP) is 3.95. The van der Waals surface area contributed by atoms with E-state index in [9.17, 15) is 8.42 Å². The molecule has 1 aliphatic carbocycles. The molecule has 0 unspecified atom stereocenters. The van der Waals surface area contributed by atoms with Gasteiger partial charge in [0.15, 0.2) is 0 Å². The lowest BCUT2D eigenvalue weighted by molar-refractivity contribution is 0.507. The summed E-state index contributed by atoms with van der Waals surface area (Å²) in [6.45, 7) is 0. The first-order valence-corrected chi connectivity index (χ1v) is 9.80. The Morgan fingerprint density at radius 3 is 2.59 bits per heavy atom. The van der Waals surface area contributed by atoms with Gasteiger partial charge in [0.1, 0.15) is 0 Å². The van der Waals surface area contributed by atoms with Crippen molar-refractivity contribution >= 4 is 26.0 Å². The van der Waals surface area contributed by atoms with Crippen LogP contribution in [0.5, 0.6) is 0 Å². The molecule has 116 valence electrons. The standard InChI is InChI=1S/C17H18BrNO2S/c18-15-10-8-13(9-11-15)12-22(20,21)19-17-7-3-5-14-4-1-2-6-16(14)17/h1-2,4,6,8-11,17,19H,3,5,7,12H2/t17-/m0/s1. The Morgan fingerprint density at radius 1 is 1.09 bits per heavy atom. The molecule has 1 atom stereocenters. The van der Waals surface area contributed by atoms with Gasteiger partial charge in [-0.05, 0) is 48.1 Å². The van der Waals surface area contributed by atoms with Gasteiger partial charge in [0.25, 0.3) is 0 Å². The zero-order chi connectivity index (χ0) is 15.6. The highest BCUT2D eigenvalue weighted by atomic mass is 79.9. The van der Waals surface area contributed by atoms with Gasteiger partial charge in [-0.15, -0.1) is 0 Å². The number of nitrogens with one attached hydrogen (secondary N) is 1. The maximum atomic E-state index is 12.4. The van der Waals surface area contributed by atoms with E-state index in [0.717, 1.165) is 34.9 Å². The minimum Gasteiger partial charge on any atom is -0.212 e.